The van der Waals surface area contributed by atoms with E-state index in [1.54, 1.807) is 11.9 Å². The molecule has 0 aromatic heterocycles. The summed E-state index contributed by atoms with van der Waals surface area (Å²) in [5.41, 5.74) is 6.77. The minimum Gasteiger partial charge on any atom is -0.486 e. The van der Waals surface area contributed by atoms with Crippen LogP contribution in [0.2, 0.25) is 0 Å². The van der Waals surface area contributed by atoms with Crippen LogP contribution in [0.1, 0.15) is 26.3 Å². The largest absolute Gasteiger partial charge is 0.486 e. The fourth-order valence-corrected chi connectivity index (χ4v) is 2.15. The number of rotatable bonds is 3. The summed E-state index contributed by atoms with van der Waals surface area (Å²) in [5.74, 6) is 1.43. The summed E-state index contributed by atoms with van der Waals surface area (Å²) in [4.78, 5) is 14.0. The van der Waals surface area contributed by atoms with Crippen molar-refractivity contribution in [1.29, 1.82) is 0 Å². The average molecular weight is 292 g/mol. The number of likely N-dealkylation sites (N-methyl/N-ethyl adjacent to an activating group) is 1. The molecule has 1 heterocycles. The Bertz CT molecular complexity index is 523. The van der Waals surface area contributed by atoms with E-state index in [-0.39, 0.29) is 11.3 Å². The van der Waals surface area contributed by atoms with Gasteiger partial charge < -0.3 is 20.1 Å². The topological polar surface area (TPSA) is 64.8 Å². The fraction of sp³-hybridized carbons (Fsp3) is 0.562. The molecule has 5 heteroatoms. The van der Waals surface area contributed by atoms with Gasteiger partial charge in [0, 0.05) is 13.6 Å². The summed E-state index contributed by atoms with van der Waals surface area (Å²) < 4.78 is 11.0. The Morgan fingerprint density at radius 1 is 1.29 bits per heavy atom. The number of nitrogens with two attached hydrogens (primary N) is 1. The lowest BCUT2D eigenvalue weighted by Crippen LogP contribution is -2.48. The first-order valence-corrected chi connectivity index (χ1v) is 7.18. The SMILES string of the molecule is CN(Cc1ccc2c(c1)OCCO2)C(=O)C(N)C(C)(C)C. The van der Waals surface area contributed by atoms with E-state index in [0.29, 0.717) is 19.8 Å². The monoisotopic (exact) mass is 292 g/mol. The Hall–Kier alpha value is -1.75. The third-order valence-electron chi connectivity index (χ3n) is 3.60. The van der Waals surface area contributed by atoms with Gasteiger partial charge in [0.1, 0.15) is 13.2 Å². The maximum absolute atomic E-state index is 12.3. The lowest BCUT2D eigenvalue weighted by Gasteiger charge is -2.30. The second-order valence-electron chi connectivity index (χ2n) is 6.52. The van der Waals surface area contributed by atoms with Gasteiger partial charge in [0.05, 0.1) is 6.04 Å². The van der Waals surface area contributed by atoms with Crippen molar-refractivity contribution in [3.63, 3.8) is 0 Å². The van der Waals surface area contributed by atoms with Gasteiger partial charge in [-0.1, -0.05) is 26.8 Å². The molecule has 2 rings (SSSR count). The van der Waals surface area contributed by atoms with Crippen LogP contribution in [0, 0.1) is 5.41 Å². The molecule has 1 aliphatic heterocycles. The molecule has 1 aromatic rings. The van der Waals surface area contributed by atoms with Gasteiger partial charge >= 0.3 is 0 Å². The third-order valence-corrected chi connectivity index (χ3v) is 3.60. The fourth-order valence-electron chi connectivity index (χ4n) is 2.15. The zero-order chi connectivity index (χ0) is 15.6. The number of fused-ring (bicyclic) bond motifs is 1. The van der Waals surface area contributed by atoms with E-state index in [4.69, 9.17) is 15.2 Å². The molecule has 1 atom stereocenters. The van der Waals surface area contributed by atoms with Crippen molar-refractivity contribution in [3.05, 3.63) is 23.8 Å². The maximum Gasteiger partial charge on any atom is 0.240 e. The van der Waals surface area contributed by atoms with Gasteiger partial charge in [0.15, 0.2) is 11.5 Å². The highest BCUT2D eigenvalue weighted by molar-refractivity contribution is 5.82. The van der Waals surface area contributed by atoms with Crippen molar-refractivity contribution in [1.82, 2.24) is 4.90 Å². The van der Waals surface area contributed by atoms with Gasteiger partial charge in [-0.2, -0.15) is 0 Å². The Morgan fingerprint density at radius 3 is 2.52 bits per heavy atom. The number of hydrogen-bond acceptors (Lipinski definition) is 4. The Kier molecular flexibility index (Phi) is 4.42. The zero-order valence-electron chi connectivity index (χ0n) is 13.2. The number of amides is 1. The van der Waals surface area contributed by atoms with Crippen LogP contribution in [0.5, 0.6) is 11.5 Å². The molecule has 5 nitrogen and oxygen atoms in total. The highest BCUT2D eigenvalue weighted by Gasteiger charge is 2.29. The van der Waals surface area contributed by atoms with E-state index in [1.807, 2.05) is 39.0 Å². The Morgan fingerprint density at radius 2 is 1.90 bits per heavy atom. The average Bonchev–Trinajstić information content (AvgIpc) is 2.44. The van der Waals surface area contributed by atoms with Crippen LogP contribution >= 0.6 is 0 Å². The molecule has 21 heavy (non-hydrogen) atoms. The first-order valence-electron chi connectivity index (χ1n) is 7.18. The number of nitrogens with zero attached hydrogens (tertiary/aromatic N) is 1. The molecule has 1 amide bonds. The summed E-state index contributed by atoms with van der Waals surface area (Å²) in [6.45, 7) is 7.53. The third kappa shape index (κ3) is 3.67. The molecular weight excluding hydrogens is 268 g/mol. The molecule has 0 aliphatic carbocycles. The standard InChI is InChI=1S/C16H24N2O3/c1-16(2,3)14(17)15(19)18(4)10-11-5-6-12-13(9-11)21-8-7-20-12/h5-6,9,14H,7-8,10,17H2,1-4H3. The number of hydrogen-bond donors (Lipinski definition) is 1. The molecule has 1 unspecified atom stereocenters. The van der Waals surface area contributed by atoms with E-state index < -0.39 is 6.04 Å². The van der Waals surface area contributed by atoms with Gasteiger partial charge in [-0.3, -0.25) is 4.79 Å². The highest BCUT2D eigenvalue weighted by atomic mass is 16.6. The molecule has 0 saturated heterocycles. The minimum absolute atomic E-state index is 0.0580. The molecular formula is C16H24N2O3. The molecule has 1 aromatic carbocycles. The highest BCUT2D eigenvalue weighted by Crippen LogP contribution is 2.31. The van der Waals surface area contributed by atoms with Crippen LogP contribution in [0.25, 0.3) is 0 Å². The van der Waals surface area contributed by atoms with Crippen LogP contribution in [0.15, 0.2) is 18.2 Å². The Labute approximate surface area is 126 Å². The molecule has 0 fully saturated rings. The summed E-state index contributed by atoms with van der Waals surface area (Å²) in [6.07, 6.45) is 0. The van der Waals surface area contributed by atoms with E-state index in [9.17, 15) is 4.79 Å². The second kappa shape index (κ2) is 5.93. The van der Waals surface area contributed by atoms with Crippen LogP contribution < -0.4 is 15.2 Å². The van der Waals surface area contributed by atoms with Crippen molar-refractivity contribution in [3.8, 4) is 11.5 Å². The molecule has 0 spiro atoms. The second-order valence-corrected chi connectivity index (χ2v) is 6.52. The molecule has 1 aliphatic rings. The first-order chi connectivity index (χ1) is 9.79. The quantitative estimate of drug-likeness (QED) is 0.922. The van der Waals surface area contributed by atoms with Crippen LogP contribution in [0.4, 0.5) is 0 Å². The van der Waals surface area contributed by atoms with Crippen LogP contribution in [-0.2, 0) is 11.3 Å². The van der Waals surface area contributed by atoms with Gasteiger partial charge in [-0.25, -0.2) is 0 Å². The zero-order valence-corrected chi connectivity index (χ0v) is 13.2. The number of benzene rings is 1. The minimum atomic E-state index is -0.514. The predicted octanol–water partition coefficient (Wildman–Crippen LogP) is 1.79. The lowest BCUT2D eigenvalue weighted by molar-refractivity contribution is -0.134. The summed E-state index contributed by atoms with van der Waals surface area (Å²) in [7, 11) is 1.77. The number of carbonyl (C=O) groups is 1. The summed E-state index contributed by atoms with van der Waals surface area (Å²) in [6, 6.07) is 5.23. The van der Waals surface area contributed by atoms with Crippen molar-refractivity contribution >= 4 is 5.91 Å². The molecule has 116 valence electrons. The smallest absolute Gasteiger partial charge is 0.240 e. The van der Waals surface area contributed by atoms with Crippen LogP contribution in [0.3, 0.4) is 0 Å². The molecule has 2 N–H and O–H groups in total. The number of carbonyl (C=O) groups excluding carboxylic acids is 1. The first kappa shape index (κ1) is 15.6. The van der Waals surface area contributed by atoms with Crippen molar-refractivity contribution in [2.45, 2.75) is 33.4 Å². The lowest BCUT2D eigenvalue weighted by atomic mass is 9.86. The van der Waals surface area contributed by atoms with Gasteiger partial charge in [-0.05, 0) is 23.1 Å². The van der Waals surface area contributed by atoms with Crippen LogP contribution in [-0.4, -0.2) is 37.1 Å². The molecule has 0 saturated carbocycles. The van der Waals surface area contributed by atoms with E-state index >= 15 is 0 Å². The Balaban J connectivity index is 2.06. The van der Waals surface area contributed by atoms with Gasteiger partial charge in [0.2, 0.25) is 5.91 Å². The molecule has 0 radical (unpaired) electrons. The van der Waals surface area contributed by atoms with E-state index in [0.717, 1.165) is 17.1 Å². The van der Waals surface area contributed by atoms with Crippen molar-refractivity contribution in [2.24, 2.45) is 11.1 Å². The normalized spacial score (nSPS) is 15.5. The van der Waals surface area contributed by atoms with Gasteiger partial charge in [0.25, 0.3) is 0 Å². The van der Waals surface area contributed by atoms with E-state index in [2.05, 4.69) is 0 Å². The van der Waals surface area contributed by atoms with Gasteiger partial charge in [-0.15, -0.1) is 0 Å². The molecule has 0 bridgehead atoms. The summed E-state index contributed by atoms with van der Waals surface area (Å²) >= 11 is 0. The van der Waals surface area contributed by atoms with E-state index in [1.165, 1.54) is 0 Å². The number of ether oxygens (including phenoxy) is 2. The summed E-state index contributed by atoms with van der Waals surface area (Å²) in [5, 5.41) is 0. The van der Waals surface area contributed by atoms with Crippen molar-refractivity contribution in [2.75, 3.05) is 20.3 Å². The maximum atomic E-state index is 12.3. The van der Waals surface area contributed by atoms with Crippen molar-refractivity contribution < 1.29 is 14.3 Å². The predicted molar refractivity (Wildman–Crippen MR) is 81.3 cm³/mol.